The van der Waals surface area contributed by atoms with Gasteiger partial charge >= 0.3 is 0 Å². The molecule has 1 aliphatic carbocycles. The van der Waals surface area contributed by atoms with Crippen molar-refractivity contribution < 1.29 is 0 Å². The van der Waals surface area contributed by atoms with Gasteiger partial charge in [0, 0.05) is 44.1 Å². The van der Waals surface area contributed by atoms with E-state index in [-0.39, 0.29) is 0 Å². The number of anilines is 1. The van der Waals surface area contributed by atoms with Gasteiger partial charge in [-0.2, -0.15) is 0 Å². The largest absolute Gasteiger partial charge is 0.355 e. The average Bonchev–Trinajstić information content (AvgIpc) is 3.10. The van der Waals surface area contributed by atoms with Crippen LogP contribution in [0, 0.1) is 5.92 Å². The SMILES string of the molecule is c1cn(CC2CC2)c(C2CCCN(c3ncnc4[nH]ccc34)C2)n1. The molecule has 124 valence electrons. The molecule has 1 atom stereocenters. The van der Waals surface area contributed by atoms with Crippen LogP contribution >= 0.6 is 0 Å². The molecule has 1 aliphatic heterocycles. The Morgan fingerprint density at radius 2 is 2.12 bits per heavy atom. The van der Waals surface area contributed by atoms with Gasteiger partial charge in [0.15, 0.2) is 0 Å². The smallest absolute Gasteiger partial charge is 0.142 e. The first-order valence-electron chi connectivity index (χ1n) is 8.92. The maximum absolute atomic E-state index is 4.70. The Kier molecular flexibility index (Phi) is 3.28. The topological polar surface area (TPSA) is 62.6 Å². The molecular formula is C18H22N6. The van der Waals surface area contributed by atoms with Gasteiger partial charge in [-0.25, -0.2) is 15.0 Å². The highest BCUT2D eigenvalue weighted by Crippen LogP contribution is 2.34. The van der Waals surface area contributed by atoms with E-state index in [1.54, 1.807) is 6.33 Å². The standard InChI is InChI=1S/C18H22N6/c1-2-14(17-20-7-9-24(17)10-13-3-4-13)11-23(8-1)18-15-5-6-19-16(15)21-12-22-18/h5-7,9,12-14H,1-4,8,10-11H2,(H,19,21,22). The molecule has 1 saturated heterocycles. The average molecular weight is 322 g/mol. The summed E-state index contributed by atoms with van der Waals surface area (Å²) in [6.07, 6.45) is 12.9. The summed E-state index contributed by atoms with van der Waals surface area (Å²) >= 11 is 0. The van der Waals surface area contributed by atoms with Gasteiger partial charge in [-0.3, -0.25) is 0 Å². The molecule has 1 saturated carbocycles. The minimum Gasteiger partial charge on any atom is -0.355 e. The molecule has 6 heteroatoms. The monoisotopic (exact) mass is 322 g/mol. The van der Waals surface area contributed by atoms with Crippen molar-refractivity contribution >= 4 is 16.9 Å². The third-order valence-electron chi connectivity index (χ3n) is 5.32. The third kappa shape index (κ3) is 2.46. The zero-order chi connectivity index (χ0) is 15.9. The van der Waals surface area contributed by atoms with Gasteiger partial charge in [0.2, 0.25) is 0 Å². The second-order valence-electron chi connectivity index (χ2n) is 7.10. The Morgan fingerprint density at radius 3 is 3.04 bits per heavy atom. The highest BCUT2D eigenvalue weighted by Gasteiger charge is 2.28. The van der Waals surface area contributed by atoms with Gasteiger partial charge in [-0.15, -0.1) is 0 Å². The Hall–Kier alpha value is -2.37. The fourth-order valence-corrected chi connectivity index (χ4v) is 3.90. The summed E-state index contributed by atoms with van der Waals surface area (Å²) in [4.78, 5) is 19.2. The molecule has 1 unspecified atom stereocenters. The molecule has 0 bridgehead atoms. The van der Waals surface area contributed by atoms with E-state index in [0.29, 0.717) is 5.92 Å². The lowest BCUT2D eigenvalue weighted by atomic mass is 9.97. The molecule has 3 aromatic rings. The molecule has 6 nitrogen and oxygen atoms in total. The van der Waals surface area contributed by atoms with Gasteiger partial charge in [0.25, 0.3) is 0 Å². The summed E-state index contributed by atoms with van der Waals surface area (Å²) in [7, 11) is 0. The number of aromatic amines is 1. The van der Waals surface area contributed by atoms with E-state index in [0.717, 1.165) is 42.4 Å². The van der Waals surface area contributed by atoms with E-state index >= 15 is 0 Å². The number of imidazole rings is 1. The lowest BCUT2D eigenvalue weighted by Crippen LogP contribution is -2.36. The van der Waals surface area contributed by atoms with E-state index in [1.807, 2.05) is 12.4 Å². The first-order chi connectivity index (χ1) is 11.9. The molecule has 0 amide bonds. The number of piperidine rings is 1. The fourth-order valence-electron chi connectivity index (χ4n) is 3.90. The maximum Gasteiger partial charge on any atom is 0.142 e. The van der Waals surface area contributed by atoms with Crippen LogP contribution in [0.25, 0.3) is 11.0 Å². The number of fused-ring (bicyclic) bond motifs is 1. The Bertz CT molecular complexity index is 846. The number of nitrogens with zero attached hydrogens (tertiary/aromatic N) is 5. The third-order valence-corrected chi connectivity index (χ3v) is 5.32. The molecular weight excluding hydrogens is 300 g/mol. The predicted octanol–water partition coefficient (Wildman–Crippen LogP) is 2.95. The van der Waals surface area contributed by atoms with Gasteiger partial charge < -0.3 is 14.5 Å². The number of H-pyrrole nitrogens is 1. The van der Waals surface area contributed by atoms with Crippen molar-refractivity contribution in [3.05, 3.63) is 36.8 Å². The number of hydrogen-bond acceptors (Lipinski definition) is 4. The fraction of sp³-hybridized carbons (Fsp3) is 0.500. The molecule has 4 heterocycles. The van der Waals surface area contributed by atoms with Crippen molar-refractivity contribution in [3.8, 4) is 0 Å². The van der Waals surface area contributed by atoms with E-state index in [9.17, 15) is 0 Å². The molecule has 2 aliphatic rings. The second kappa shape index (κ2) is 5.61. The Balaban J connectivity index is 1.42. The maximum atomic E-state index is 4.70. The van der Waals surface area contributed by atoms with Crippen LogP contribution in [0.2, 0.25) is 0 Å². The molecule has 2 fully saturated rings. The normalized spacial score (nSPS) is 21.5. The summed E-state index contributed by atoms with van der Waals surface area (Å²) in [5.41, 5.74) is 0.914. The van der Waals surface area contributed by atoms with Crippen LogP contribution in [0.1, 0.15) is 37.4 Å². The number of rotatable bonds is 4. The quantitative estimate of drug-likeness (QED) is 0.802. The van der Waals surface area contributed by atoms with Crippen LogP contribution in [-0.2, 0) is 6.54 Å². The molecule has 0 radical (unpaired) electrons. The van der Waals surface area contributed by atoms with Crippen molar-refractivity contribution in [2.75, 3.05) is 18.0 Å². The Labute approximate surface area is 140 Å². The van der Waals surface area contributed by atoms with Crippen molar-refractivity contribution in [2.45, 2.75) is 38.1 Å². The van der Waals surface area contributed by atoms with E-state index in [1.165, 1.54) is 31.5 Å². The highest BCUT2D eigenvalue weighted by atomic mass is 15.2. The van der Waals surface area contributed by atoms with Gasteiger partial charge in [0.05, 0.1) is 5.39 Å². The van der Waals surface area contributed by atoms with E-state index in [4.69, 9.17) is 4.98 Å². The van der Waals surface area contributed by atoms with Crippen molar-refractivity contribution in [3.63, 3.8) is 0 Å². The lowest BCUT2D eigenvalue weighted by molar-refractivity contribution is 0.462. The van der Waals surface area contributed by atoms with Crippen LogP contribution in [-0.4, -0.2) is 37.6 Å². The van der Waals surface area contributed by atoms with Gasteiger partial charge in [0.1, 0.15) is 23.6 Å². The molecule has 0 aromatic carbocycles. The highest BCUT2D eigenvalue weighted by molar-refractivity contribution is 5.87. The van der Waals surface area contributed by atoms with Gasteiger partial charge in [-0.1, -0.05) is 0 Å². The van der Waals surface area contributed by atoms with Crippen LogP contribution < -0.4 is 4.90 Å². The number of nitrogens with one attached hydrogen (secondary N) is 1. The zero-order valence-electron chi connectivity index (χ0n) is 13.7. The number of aromatic nitrogens is 5. The van der Waals surface area contributed by atoms with Crippen LogP contribution in [0.5, 0.6) is 0 Å². The molecule has 5 rings (SSSR count). The summed E-state index contributed by atoms with van der Waals surface area (Å²) in [6.45, 7) is 3.18. The first kappa shape index (κ1) is 14.0. The molecule has 24 heavy (non-hydrogen) atoms. The first-order valence-corrected chi connectivity index (χ1v) is 8.92. The summed E-state index contributed by atoms with van der Waals surface area (Å²) < 4.78 is 2.39. The summed E-state index contributed by atoms with van der Waals surface area (Å²) in [6, 6.07) is 2.07. The van der Waals surface area contributed by atoms with Crippen molar-refractivity contribution in [1.82, 2.24) is 24.5 Å². The molecule has 1 N–H and O–H groups in total. The minimum absolute atomic E-state index is 0.483. The number of hydrogen-bond donors (Lipinski definition) is 1. The second-order valence-corrected chi connectivity index (χ2v) is 7.10. The van der Waals surface area contributed by atoms with Crippen molar-refractivity contribution in [1.29, 1.82) is 0 Å². The van der Waals surface area contributed by atoms with Crippen molar-refractivity contribution in [2.24, 2.45) is 5.92 Å². The lowest BCUT2D eigenvalue weighted by Gasteiger charge is -2.33. The minimum atomic E-state index is 0.483. The van der Waals surface area contributed by atoms with Crippen LogP contribution in [0.4, 0.5) is 5.82 Å². The summed E-state index contributed by atoms with van der Waals surface area (Å²) in [5, 5.41) is 1.11. The summed E-state index contributed by atoms with van der Waals surface area (Å²) in [5.74, 6) is 3.66. The molecule has 3 aromatic heterocycles. The van der Waals surface area contributed by atoms with Crippen LogP contribution in [0.3, 0.4) is 0 Å². The molecule has 0 spiro atoms. The zero-order valence-corrected chi connectivity index (χ0v) is 13.7. The van der Waals surface area contributed by atoms with E-state index < -0.39 is 0 Å². The Morgan fingerprint density at radius 1 is 1.17 bits per heavy atom. The van der Waals surface area contributed by atoms with Gasteiger partial charge in [-0.05, 0) is 37.7 Å². The predicted molar refractivity (Wildman–Crippen MR) is 93.0 cm³/mol. The van der Waals surface area contributed by atoms with Crippen LogP contribution in [0.15, 0.2) is 31.0 Å². The van der Waals surface area contributed by atoms with E-state index in [2.05, 4.69) is 36.7 Å².